The third kappa shape index (κ3) is 1.16. The maximum absolute atomic E-state index is 5.67. The first-order valence-electron chi connectivity index (χ1n) is 3.35. The van der Waals surface area contributed by atoms with Crippen LogP contribution in [0.15, 0.2) is 6.20 Å². The number of aryl methyl sites for hydroxylation is 1. The first-order valence-corrected chi connectivity index (χ1v) is 3.88. The molecular formula is C7H11ClN2. The molecule has 0 aliphatic rings. The van der Waals surface area contributed by atoms with Gasteiger partial charge in [-0.2, -0.15) is 5.10 Å². The van der Waals surface area contributed by atoms with Gasteiger partial charge < -0.3 is 0 Å². The number of alkyl halides is 1. The molecule has 1 aromatic heterocycles. The average molecular weight is 159 g/mol. The normalized spacial score (nSPS) is 10.3. The Labute approximate surface area is 65.8 Å². The summed E-state index contributed by atoms with van der Waals surface area (Å²) in [4.78, 5) is 0. The van der Waals surface area contributed by atoms with E-state index in [4.69, 9.17) is 11.6 Å². The quantitative estimate of drug-likeness (QED) is 0.600. The van der Waals surface area contributed by atoms with Gasteiger partial charge >= 0.3 is 0 Å². The molecule has 0 amide bonds. The molecule has 0 N–H and O–H groups in total. The molecule has 0 atom stereocenters. The van der Waals surface area contributed by atoms with Crippen molar-refractivity contribution < 1.29 is 0 Å². The zero-order valence-electron chi connectivity index (χ0n) is 6.26. The Morgan fingerprint density at radius 2 is 2.40 bits per heavy atom. The van der Waals surface area contributed by atoms with Crippen LogP contribution >= 0.6 is 11.6 Å². The summed E-state index contributed by atoms with van der Waals surface area (Å²) in [7, 11) is 1.94. The molecule has 0 saturated heterocycles. The molecule has 56 valence electrons. The second kappa shape index (κ2) is 3.06. The Kier molecular flexibility index (Phi) is 2.33. The summed E-state index contributed by atoms with van der Waals surface area (Å²) >= 11 is 5.67. The number of hydrogen-bond donors (Lipinski definition) is 0. The number of nitrogens with zero attached hydrogens (tertiary/aromatic N) is 2. The molecule has 0 radical (unpaired) electrons. The molecule has 1 aromatic rings. The minimum atomic E-state index is 0.566. The lowest BCUT2D eigenvalue weighted by Gasteiger charge is -1.98. The molecule has 2 nitrogen and oxygen atoms in total. The van der Waals surface area contributed by atoms with E-state index < -0.39 is 0 Å². The van der Waals surface area contributed by atoms with Crippen LogP contribution in [-0.4, -0.2) is 9.78 Å². The summed E-state index contributed by atoms with van der Waals surface area (Å²) in [6.07, 6.45) is 2.82. The largest absolute Gasteiger partial charge is 0.272 e. The Morgan fingerprint density at radius 3 is 2.80 bits per heavy atom. The van der Waals surface area contributed by atoms with Crippen LogP contribution in [0.3, 0.4) is 0 Å². The van der Waals surface area contributed by atoms with E-state index in [0.717, 1.165) is 12.0 Å². The molecule has 1 heterocycles. The van der Waals surface area contributed by atoms with Gasteiger partial charge in [0.05, 0.1) is 12.1 Å². The van der Waals surface area contributed by atoms with Crippen molar-refractivity contribution in [2.24, 2.45) is 7.05 Å². The van der Waals surface area contributed by atoms with E-state index in [1.54, 1.807) is 0 Å². The highest BCUT2D eigenvalue weighted by Gasteiger charge is 2.03. The highest BCUT2D eigenvalue weighted by atomic mass is 35.5. The van der Waals surface area contributed by atoms with Gasteiger partial charge in [0.15, 0.2) is 0 Å². The van der Waals surface area contributed by atoms with Gasteiger partial charge in [0, 0.05) is 18.3 Å². The Hall–Kier alpha value is -0.500. The third-order valence-corrected chi connectivity index (χ3v) is 1.91. The Bertz CT molecular complexity index is 217. The monoisotopic (exact) mass is 158 g/mol. The van der Waals surface area contributed by atoms with Crippen LogP contribution in [0.1, 0.15) is 18.2 Å². The fourth-order valence-corrected chi connectivity index (χ4v) is 1.30. The molecule has 0 fully saturated rings. The first-order chi connectivity index (χ1) is 4.79. The van der Waals surface area contributed by atoms with E-state index in [2.05, 4.69) is 12.0 Å². The van der Waals surface area contributed by atoms with E-state index in [-0.39, 0.29) is 0 Å². The minimum absolute atomic E-state index is 0.566. The Balaban J connectivity index is 3.01. The number of hydrogen-bond acceptors (Lipinski definition) is 1. The maximum Gasteiger partial charge on any atom is 0.0536 e. The second-order valence-electron chi connectivity index (χ2n) is 2.23. The smallest absolute Gasteiger partial charge is 0.0536 e. The van der Waals surface area contributed by atoms with Gasteiger partial charge in [-0.3, -0.25) is 4.68 Å². The predicted molar refractivity (Wildman–Crippen MR) is 42.1 cm³/mol. The van der Waals surface area contributed by atoms with Gasteiger partial charge in [0.2, 0.25) is 0 Å². The topological polar surface area (TPSA) is 17.8 Å². The fourth-order valence-electron chi connectivity index (χ4n) is 1.08. The van der Waals surface area contributed by atoms with Gasteiger partial charge in [-0.15, -0.1) is 11.6 Å². The van der Waals surface area contributed by atoms with Crippen LogP contribution in [0, 0.1) is 0 Å². The summed E-state index contributed by atoms with van der Waals surface area (Å²) in [5.74, 6) is 0.566. The molecule has 1 rings (SSSR count). The van der Waals surface area contributed by atoms with E-state index in [1.165, 1.54) is 5.69 Å². The van der Waals surface area contributed by atoms with Crippen molar-refractivity contribution >= 4 is 11.6 Å². The molecular weight excluding hydrogens is 148 g/mol. The highest BCUT2D eigenvalue weighted by Crippen LogP contribution is 2.09. The summed E-state index contributed by atoms with van der Waals surface area (Å²) in [5.41, 5.74) is 2.38. The van der Waals surface area contributed by atoms with Crippen molar-refractivity contribution in [1.29, 1.82) is 0 Å². The van der Waals surface area contributed by atoms with E-state index in [0.29, 0.717) is 5.88 Å². The SMILES string of the molecule is CCc1c(CCl)cnn1C. The van der Waals surface area contributed by atoms with Gasteiger partial charge in [-0.25, -0.2) is 0 Å². The molecule has 0 aliphatic carbocycles. The van der Waals surface area contributed by atoms with Crippen molar-refractivity contribution in [3.05, 3.63) is 17.5 Å². The van der Waals surface area contributed by atoms with Crippen molar-refractivity contribution in [2.45, 2.75) is 19.2 Å². The maximum atomic E-state index is 5.67. The van der Waals surface area contributed by atoms with Gasteiger partial charge in [-0.1, -0.05) is 6.92 Å². The van der Waals surface area contributed by atoms with E-state index in [9.17, 15) is 0 Å². The lowest BCUT2D eigenvalue weighted by atomic mass is 10.2. The van der Waals surface area contributed by atoms with Crippen LogP contribution in [0.25, 0.3) is 0 Å². The van der Waals surface area contributed by atoms with Crippen LogP contribution in [-0.2, 0) is 19.3 Å². The van der Waals surface area contributed by atoms with Crippen LogP contribution in [0.2, 0.25) is 0 Å². The minimum Gasteiger partial charge on any atom is -0.272 e. The van der Waals surface area contributed by atoms with Gasteiger partial charge in [-0.05, 0) is 6.42 Å². The lowest BCUT2D eigenvalue weighted by molar-refractivity contribution is 0.716. The molecule has 0 aliphatic heterocycles. The van der Waals surface area contributed by atoms with Gasteiger partial charge in [0.25, 0.3) is 0 Å². The van der Waals surface area contributed by atoms with Crippen molar-refractivity contribution in [1.82, 2.24) is 9.78 Å². The van der Waals surface area contributed by atoms with Crippen LogP contribution < -0.4 is 0 Å². The predicted octanol–water partition coefficient (Wildman–Crippen LogP) is 1.72. The number of rotatable bonds is 2. The molecule has 0 bridgehead atoms. The lowest BCUT2D eigenvalue weighted by Crippen LogP contribution is -1.97. The van der Waals surface area contributed by atoms with E-state index >= 15 is 0 Å². The molecule has 0 unspecified atom stereocenters. The Morgan fingerprint density at radius 1 is 1.70 bits per heavy atom. The molecule has 0 saturated carbocycles. The van der Waals surface area contributed by atoms with E-state index in [1.807, 2.05) is 17.9 Å². The average Bonchev–Trinajstić information content (AvgIpc) is 2.30. The van der Waals surface area contributed by atoms with Crippen molar-refractivity contribution in [3.63, 3.8) is 0 Å². The second-order valence-corrected chi connectivity index (χ2v) is 2.49. The molecule has 3 heteroatoms. The summed E-state index contributed by atoms with van der Waals surface area (Å²) in [5, 5.41) is 4.09. The van der Waals surface area contributed by atoms with Gasteiger partial charge in [0.1, 0.15) is 0 Å². The summed E-state index contributed by atoms with van der Waals surface area (Å²) in [6.45, 7) is 2.10. The summed E-state index contributed by atoms with van der Waals surface area (Å²) < 4.78 is 1.87. The zero-order chi connectivity index (χ0) is 7.56. The molecule has 10 heavy (non-hydrogen) atoms. The fraction of sp³-hybridized carbons (Fsp3) is 0.571. The standard InChI is InChI=1S/C7H11ClN2/c1-3-7-6(4-8)5-9-10(7)2/h5H,3-4H2,1-2H3. The first kappa shape index (κ1) is 7.61. The highest BCUT2D eigenvalue weighted by molar-refractivity contribution is 6.17. The van der Waals surface area contributed by atoms with Crippen molar-refractivity contribution in [3.8, 4) is 0 Å². The third-order valence-electron chi connectivity index (χ3n) is 1.63. The number of halogens is 1. The molecule has 0 spiro atoms. The van der Waals surface area contributed by atoms with Crippen molar-refractivity contribution in [2.75, 3.05) is 0 Å². The molecule has 0 aromatic carbocycles. The summed E-state index contributed by atoms with van der Waals surface area (Å²) in [6, 6.07) is 0. The van der Waals surface area contributed by atoms with Crippen LogP contribution in [0.4, 0.5) is 0 Å². The van der Waals surface area contributed by atoms with Crippen LogP contribution in [0.5, 0.6) is 0 Å². The zero-order valence-corrected chi connectivity index (χ0v) is 7.02. The number of aromatic nitrogens is 2.